The van der Waals surface area contributed by atoms with Crippen molar-refractivity contribution in [1.29, 1.82) is 0 Å². The van der Waals surface area contributed by atoms with Crippen molar-refractivity contribution in [2.75, 3.05) is 13.2 Å². The maximum Gasteiger partial charge on any atom is 0.228 e. The minimum atomic E-state index is -0.442. The minimum Gasteiger partial charge on any atom is -0.367 e. The van der Waals surface area contributed by atoms with Crippen molar-refractivity contribution in [2.45, 2.75) is 59.1 Å². The Balaban J connectivity index is 2.61. The molecule has 0 saturated carbocycles. The highest BCUT2D eigenvalue weighted by molar-refractivity contribution is 4.99. The Labute approximate surface area is 109 Å². The number of ether oxygens (including phenoxy) is 1. The summed E-state index contributed by atoms with van der Waals surface area (Å²) < 4.78 is 11.0. The first-order chi connectivity index (χ1) is 8.51. The maximum atomic E-state index is 5.72. The third-order valence-corrected chi connectivity index (χ3v) is 2.97. The van der Waals surface area contributed by atoms with Crippen molar-refractivity contribution in [3.63, 3.8) is 0 Å². The Morgan fingerprint density at radius 1 is 1.39 bits per heavy atom. The van der Waals surface area contributed by atoms with Gasteiger partial charge in [-0.15, -0.1) is 0 Å². The molecule has 0 aliphatic rings. The van der Waals surface area contributed by atoms with E-state index in [0.717, 1.165) is 19.4 Å². The number of nitrogens with one attached hydrogen (secondary N) is 1. The lowest BCUT2D eigenvalue weighted by molar-refractivity contribution is -0.0403. The van der Waals surface area contributed by atoms with Gasteiger partial charge in [0.2, 0.25) is 11.7 Å². The molecule has 0 saturated heterocycles. The van der Waals surface area contributed by atoms with Crippen molar-refractivity contribution in [3.8, 4) is 0 Å². The molecule has 18 heavy (non-hydrogen) atoms. The minimum absolute atomic E-state index is 0.442. The van der Waals surface area contributed by atoms with Gasteiger partial charge in [0.05, 0.1) is 0 Å². The molecule has 1 N–H and O–H groups in total. The van der Waals surface area contributed by atoms with E-state index in [-0.39, 0.29) is 0 Å². The molecular formula is C13H25N3O2. The molecule has 0 aromatic carbocycles. The third kappa shape index (κ3) is 4.07. The van der Waals surface area contributed by atoms with Crippen LogP contribution < -0.4 is 5.32 Å². The van der Waals surface area contributed by atoms with Crippen LogP contribution in [-0.2, 0) is 16.8 Å². The van der Waals surface area contributed by atoms with Crippen LogP contribution in [0.5, 0.6) is 0 Å². The molecule has 0 radical (unpaired) electrons. The highest BCUT2D eigenvalue weighted by Crippen LogP contribution is 2.26. The largest absolute Gasteiger partial charge is 0.367 e. The first-order valence-electron chi connectivity index (χ1n) is 6.72. The highest BCUT2D eigenvalue weighted by Gasteiger charge is 2.30. The normalized spacial score (nSPS) is 15.0. The Hall–Kier alpha value is -0.940. The summed E-state index contributed by atoms with van der Waals surface area (Å²) in [5, 5.41) is 7.36. The fourth-order valence-electron chi connectivity index (χ4n) is 1.68. The van der Waals surface area contributed by atoms with E-state index in [4.69, 9.17) is 9.26 Å². The van der Waals surface area contributed by atoms with Gasteiger partial charge in [-0.05, 0) is 20.3 Å². The number of hydrogen-bond donors (Lipinski definition) is 1. The van der Waals surface area contributed by atoms with Gasteiger partial charge >= 0.3 is 0 Å². The topological polar surface area (TPSA) is 60.2 Å². The Kier molecular flexibility index (Phi) is 5.75. The van der Waals surface area contributed by atoms with Crippen molar-refractivity contribution in [1.82, 2.24) is 15.5 Å². The lowest BCUT2D eigenvalue weighted by atomic mass is 10.0. The van der Waals surface area contributed by atoms with Gasteiger partial charge in [0.25, 0.3) is 0 Å². The molecule has 1 atom stereocenters. The van der Waals surface area contributed by atoms with Crippen molar-refractivity contribution in [2.24, 2.45) is 0 Å². The fourth-order valence-corrected chi connectivity index (χ4v) is 1.68. The van der Waals surface area contributed by atoms with Gasteiger partial charge in [-0.2, -0.15) is 4.98 Å². The lowest BCUT2D eigenvalue weighted by Gasteiger charge is -2.23. The van der Waals surface area contributed by atoms with E-state index in [2.05, 4.69) is 36.2 Å². The molecule has 5 nitrogen and oxygen atoms in total. The van der Waals surface area contributed by atoms with E-state index in [1.165, 1.54) is 0 Å². The summed E-state index contributed by atoms with van der Waals surface area (Å²) in [5.41, 5.74) is -0.442. The van der Waals surface area contributed by atoms with Crippen LogP contribution in [-0.4, -0.2) is 29.3 Å². The zero-order valence-electron chi connectivity index (χ0n) is 12.1. The standard InChI is InChI=1S/C13H25N3O2/c1-6-13(5,17-7-2)12-15-11(18-16-12)8-9-14-10(3)4/h10,14H,6-9H2,1-5H3. The van der Waals surface area contributed by atoms with Crippen LogP contribution in [0.25, 0.3) is 0 Å². The van der Waals surface area contributed by atoms with E-state index in [1.807, 2.05) is 13.8 Å². The zero-order valence-corrected chi connectivity index (χ0v) is 12.1. The summed E-state index contributed by atoms with van der Waals surface area (Å²) in [6.07, 6.45) is 1.57. The second kappa shape index (κ2) is 6.85. The number of nitrogens with zero attached hydrogens (tertiary/aromatic N) is 2. The average Bonchev–Trinajstić information content (AvgIpc) is 2.78. The summed E-state index contributed by atoms with van der Waals surface area (Å²) in [6.45, 7) is 11.7. The predicted octanol–water partition coefficient (Wildman–Crippen LogP) is 2.27. The molecule has 1 rings (SSSR count). The lowest BCUT2D eigenvalue weighted by Crippen LogP contribution is -2.27. The van der Waals surface area contributed by atoms with E-state index in [9.17, 15) is 0 Å². The molecular weight excluding hydrogens is 230 g/mol. The van der Waals surface area contributed by atoms with Gasteiger partial charge in [0.1, 0.15) is 5.60 Å². The molecule has 0 spiro atoms. The first kappa shape index (κ1) is 15.1. The van der Waals surface area contributed by atoms with Crippen LogP contribution in [0.2, 0.25) is 0 Å². The maximum absolute atomic E-state index is 5.72. The Morgan fingerprint density at radius 2 is 2.11 bits per heavy atom. The van der Waals surface area contributed by atoms with Crippen LogP contribution in [0.4, 0.5) is 0 Å². The van der Waals surface area contributed by atoms with Crippen LogP contribution in [0.15, 0.2) is 4.52 Å². The van der Waals surface area contributed by atoms with Crippen LogP contribution in [0.3, 0.4) is 0 Å². The van der Waals surface area contributed by atoms with Gasteiger partial charge in [-0.3, -0.25) is 0 Å². The molecule has 1 unspecified atom stereocenters. The monoisotopic (exact) mass is 255 g/mol. The van der Waals surface area contributed by atoms with E-state index in [0.29, 0.717) is 24.4 Å². The number of aromatic nitrogens is 2. The molecule has 5 heteroatoms. The molecule has 0 amide bonds. The van der Waals surface area contributed by atoms with Gasteiger partial charge in [-0.1, -0.05) is 25.9 Å². The Morgan fingerprint density at radius 3 is 2.67 bits per heavy atom. The van der Waals surface area contributed by atoms with Gasteiger partial charge in [0, 0.05) is 25.6 Å². The van der Waals surface area contributed by atoms with Crippen molar-refractivity contribution in [3.05, 3.63) is 11.7 Å². The number of hydrogen-bond acceptors (Lipinski definition) is 5. The first-order valence-corrected chi connectivity index (χ1v) is 6.72. The highest BCUT2D eigenvalue weighted by atomic mass is 16.5. The molecule has 0 aliphatic heterocycles. The molecule has 0 bridgehead atoms. The molecule has 1 aromatic heterocycles. The quantitative estimate of drug-likeness (QED) is 0.772. The fraction of sp³-hybridized carbons (Fsp3) is 0.846. The number of rotatable bonds is 8. The van der Waals surface area contributed by atoms with Gasteiger partial charge in [-0.25, -0.2) is 0 Å². The van der Waals surface area contributed by atoms with Crippen LogP contribution in [0.1, 0.15) is 52.8 Å². The summed E-state index contributed by atoms with van der Waals surface area (Å²) in [5.74, 6) is 1.31. The second-order valence-electron chi connectivity index (χ2n) is 4.89. The molecule has 104 valence electrons. The predicted molar refractivity (Wildman–Crippen MR) is 70.4 cm³/mol. The smallest absolute Gasteiger partial charge is 0.228 e. The second-order valence-corrected chi connectivity index (χ2v) is 4.89. The van der Waals surface area contributed by atoms with Crippen molar-refractivity contribution < 1.29 is 9.26 Å². The van der Waals surface area contributed by atoms with Crippen LogP contribution in [0, 0.1) is 0 Å². The molecule has 1 heterocycles. The van der Waals surface area contributed by atoms with Gasteiger partial charge in [0.15, 0.2) is 0 Å². The van der Waals surface area contributed by atoms with E-state index >= 15 is 0 Å². The van der Waals surface area contributed by atoms with E-state index < -0.39 is 5.60 Å². The molecule has 0 fully saturated rings. The van der Waals surface area contributed by atoms with Crippen molar-refractivity contribution >= 4 is 0 Å². The summed E-state index contributed by atoms with van der Waals surface area (Å²) >= 11 is 0. The summed E-state index contributed by atoms with van der Waals surface area (Å²) in [6, 6.07) is 0.469. The zero-order chi connectivity index (χ0) is 13.6. The average molecular weight is 255 g/mol. The van der Waals surface area contributed by atoms with Gasteiger partial charge < -0.3 is 14.6 Å². The van der Waals surface area contributed by atoms with Crippen LogP contribution >= 0.6 is 0 Å². The summed E-state index contributed by atoms with van der Waals surface area (Å²) in [7, 11) is 0. The molecule has 1 aromatic rings. The third-order valence-electron chi connectivity index (χ3n) is 2.97. The Bertz CT molecular complexity index is 352. The summed E-state index contributed by atoms with van der Waals surface area (Å²) in [4.78, 5) is 4.43. The SMILES string of the molecule is CCOC(C)(CC)c1noc(CCNC(C)C)n1. The molecule has 0 aliphatic carbocycles. The van der Waals surface area contributed by atoms with E-state index in [1.54, 1.807) is 0 Å².